The summed E-state index contributed by atoms with van der Waals surface area (Å²) in [6.07, 6.45) is 0. The van der Waals surface area contributed by atoms with Crippen molar-refractivity contribution in [2.24, 2.45) is 11.7 Å². The smallest absolute Gasteiger partial charge is 0.273 e. The van der Waals surface area contributed by atoms with Crippen LogP contribution in [0.15, 0.2) is 34.9 Å². The number of benzene rings is 1. The van der Waals surface area contributed by atoms with Gasteiger partial charge in [-0.2, -0.15) is 0 Å². The molecule has 23 heavy (non-hydrogen) atoms. The molecule has 0 aliphatic rings. The molecule has 0 saturated carbocycles. The third-order valence-corrected chi connectivity index (χ3v) is 4.18. The highest BCUT2D eigenvalue weighted by atomic mass is 35.5. The molecule has 0 aliphatic carbocycles. The lowest BCUT2D eigenvalue weighted by Crippen LogP contribution is -2.55. The summed E-state index contributed by atoms with van der Waals surface area (Å²) in [6.45, 7) is 6.27. The first-order chi connectivity index (χ1) is 10.4. The van der Waals surface area contributed by atoms with Crippen LogP contribution in [0.3, 0.4) is 0 Å². The Morgan fingerprint density at radius 2 is 2.13 bits per heavy atom. The zero-order valence-corrected chi connectivity index (χ0v) is 14.9. The maximum absolute atomic E-state index is 12.3. The highest BCUT2D eigenvalue weighted by Crippen LogP contribution is 2.24. The maximum Gasteiger partial charge on any atom is 0.273 e. The van der Waals surface area contributed by atoms with Crippen molar-refractivity contribution in [3.05, 3.63) is 41.0 Å². The zero-order valence-electron chi connectivity index (χ0n) is 13.3. The van der Waals surface area contributed by atoms with Crippen molar-refractivity contribution in [1.82, 2.24) is 10.5 Å². The molecule has 0 fully saturated rings. The minimum Gasteiger partial charge on any atom is -0.355 e. The number of aromatic nitrogens is 1. The molecule has 7 heteroatoms. The van der Waals surface area contributed by atoms with Crippen LogP contribution in [-0.2, 0) is 0 Å². The molecule has 0 aliphatic heterocycles. The molecule has 0 bridgehead atoms. The summed E-state index contributed by atoms with van der Waals surface area (Å²) in [5.41, 5.74) is 6.27. The van der Waals surface area contributed by atoms with Gasteiger partial charge in [0, 0.05) is 23.2 Å². The lowest BCUT2D eigenvalue weighted by Gasteiger charge is -2.33. The first-order valence-electron chi connectivity index (χ1n) is 7.11. The van der Waals surface area contributed by atoms with Gasteiger partial charge in [-0.1, -0.05) is 42.7 Å². The second-order valence-corrected chi connectivity index (χ2v) is 6.25. The van der Waals surface area contributed by atoms with E-state index in [0.29, 0.717) is 17.3 Å². The van der Waals surface area contributed by atoms with Crippen molar-refractivity contribution in [2.75, 3.05) is 6.54 Å². The summed E-state index contributed by atoms with van der Waals surface area (Å²) < 4.78 is 5.23. The van der Waals surface area contributed by atoms with E-state index >= 15 is 0 Å². The Bertz CT molecular complexity index is 673. The van der Waals surface area contributed by atoms with E-state index in [4.69, 9.17) is 21.9 Å². The standard InChI is InChI=1S/C16H20ClN3O2.ClH/c1-10(2)16(3,9-18)19-15(21)13-8-14(22-20-13)11-5-4-6-12(17)7-11;/h4-8,10H,9,18H2,1-3H3,(H,19,21);1H. The Balaban J connectivity index is 0.00000264. The van der Waals surface area contributed by atoms with Crippen LogP contribution < -0.4 is 11.1 Å². The summed E-state index contributed by atoms with van der Waals surface area (Å²) in [6, 6.07) is 8.76. The molecule has 126 valence electrons. The molecule has 1 aromatic heterocycles. The van der Waals surface area contributed by atoms with E-state index < -0.39 is 5.54 Å². The van der Waals surface area contributed by atoms with Gasteiger partial charge in [-0.05, 0) is 25.0 Å². The number of hydrogen-bond donors (Lipinski definition) is 2. The van der Waals surface area contributed by atoms with Crippen LogP contribution in [0.4, 0.5) is 0 Å². The van der Waals surface area contributed by atoms with Gasteiger partial charge in [0.05, 0.1) is 5.54 Å². The lowest BCUT2D eigenvalue weighted by atomic mass is 9.88. The van der Waals surface area contributed by atoms with Gasteiger partial charge in [-0.3, -0.25) is 4.79 Å². The molecule has 2 aromatic rings. The minimum atomic E-state index is -0.494. The molecule has 3 N–H and O–H groups in total. The Hall–Kier alpha value is -1.56. The normalized spacial score (nSPS) is 13.3. The molecule has 1 amide bonds. The lowest BCUT2D eigenvalue weighted by molar-refractivity contribution is 0.0874. The van der Waals surface area contributed by atoms with E-state index in [1.165, 1.54) is 0 Å². The third-order valence-electron chi connectivity index (χ3n) is 3.95. The largest absolute Gasteiger partial charge is 0.355 e. The summed E-state index contributed by atoms with van der Waals surface area (Å²) in [7, 11) is 0. The van der Waals surface area contributed by atoms with Gasteiger partial charge in [0.2, 0.25) is 0 Å². The number of hydrogen-bond acceptors (Lipinski definition) is 4. The summed E-state index contributed by atoms with van der Waals surface area (Å²) in [4.78, 5) is 12.3. The van der Waals surface area contributed by atoms with E-state index in [9.17, 15) is 4.79 Å². The van der Waals surface area contributed by atoms with Gasteiger partial charge in [0.1, 0.15) is 0 Å². The Morgan fingerprint density at radius 3 is 2.70 bits per heavy atom. The number of nitrogens with two attached hydrogens (primary N) is 1. The highest BCUT2D eigenvalue weighted by Gasteiger charge is 2.30. The highest BCUT2D eigenvalue weighted by molar-refractivity contribution is 6.30. The average Bonchev–Trinajstić information content (AvgIpc) is 2.97. The molecule has 1 aromatic carbocycles. The van der Waals surface area contributed by atoms with Gasteiger partial charge in [0.25, 0.3) is 5.91 Å². The molecule has 1 heterocycles. The SMILES string of the molecule is CC(C)C(C)(CN)NC(=O)c1cc(-c2cccc(Cl)c2)on1.Cl. The van der Waals surface area contributed by atoms with Crippen molar-refractivity contribution in [3.8, 4) is 11.3 Å². The van der Waals surface area contributed by atoms with Crippen molar-refractivity contribution >= 4 is 29.9 Å². The molecule has 0 saturated heterocycles. The molecular formula is C16H21Cl2N3O2. The third kappa shape index (κ3) is 4.47. The molecule has 1 atom stereocenters. The van der Waals surface area contributed by atoms with Crippen molar-refractivity contribution in [1.29, 1.82) is 0 Å². The van der Waals surface area contributed by atoms with Gasteiger partial charge in [-0.15, -0.1) is 12.4 Å². The first kappa shape index (κ1) is 19.5. The van der Waals surface area contributed by atoms with Gasteiger partial charge < -0.3 is 15.6 Å². The van der Waals surface area contributed by atoms with Crippen molar-refractivity contribution in [2.45, 2.75) is 26.3 Å². The summed E-state index contributed by atoms with van der Waals surface area (Å²) >= 11 is 5.95. The Kier molecular flexibility index (Phi) is 6.62. The minimum absolute atomic E-state index is 0. The van der Waals surface area contributed by atoms with Crippen LogP contribution in [0.2, 0.25) is 5.02 Å². The van der Waals surface area contributed by atoms with E-state index in [-0.39, 0.29) is 29.9 Å². The molecule has 0 radical (unpaired) electrons. The van der Waals surface area contributed by atoms with Gasteiger partial charge >= 0.3 is 0 Å². The fraction of sp³-hybridized carbons (Fsp3) is 0.375. The molecule has 0 spiro atoms. The van der Waals surface area contributed by atoms with Gasteiger partial charge in [-0.25, -0.2) is 0 Å². The second-order valence-electron chi connectivity index (χ2n) is 5.82. The van der Waals surface area contributed by atoms with Crippen LogP contribution in [-0.4, -0.2) is 23.1 Å². The molecular weight excluding hydrogens is 337 g/mol. The summed E-state index contributed by atoms with van der Waals surface area (Å²) in [5.74, 6) is 0.381. The fourth-order valence-electron chi connectivity index (χ4n) is 1.91. The number of amides is 1. The summed E-state index contributed by atoms with van der Waals surface area (Å²) in [5, 5.41) is 7.34. The molecule has 1 unspecified atom stereocenters. The van der Waals surface area contributed by atoms with Crippen LogP contribution in [0.1, 0.15) is 31.3 Å². The predicted octanol–water partition coefficient (Wildman–Crippen LogP) is 3.52. The number of carbonyl (C=O) groups is 1. The maximum atomic E-state index is 12.3. The molecule has 5 nitrogen and oxygen atoms in total. The number of nitrogens with one attached hydrogen (secondary N) is 1. The topological polar surface area (TPSA) is 81.1 Å². The number of carbonyl (C=O) groups excluding carboxylic acids is 1. The van der Waals surface area contributed by atoms with E-state index in [0.717, 1.165) is 5.56 Å². The predicted molar refractivity (Wildman–Crippen MR) is 94.0 cm³/mol. The monoisotopic (exact) mass is 357 g/mol. The van der Waals surface area contributed by atoms with Crippen LogP contribution >= 0.6 is 24.0 Å². The van der Waals surface area contributed by atoms with E-state index in [2.05, 4.69) is 10.5 Å². The van der Waals surface area contributed by atoms with Crippen LogP contribution in [0, 0.1) is 5.92 Å². The quantitative estimate of drug-likeness (QED) is 0.857. The van der Waals surface area contributed by atoms with Crippen molar-refractivity contribution in [3.63, 3.8) is 0 Å². The van der Waals surface area contributed by atoms with Crippen LogP contribution in [0.25, 0.3) is 11.3 Å². The van der Waals surface area contributed by atoms with Gasteiger partial charge in [0.15, 0.2) is 11.5 Å². The Morgan fingerprint density at radius 1 is 1.43 bits per heavy atom. The fourth-order valence-corrected chi connectivity index (χ4v) is 2.10. The first-order valence-corrected chi connectivity index (χ1v) is 7.49. The number of halogens is 2. The van der Waals surface area contributed by atoms with Crippen molar-refractivity contribution < 1.29 is 9.32 Å². The molecule has 2 rings (SSSR count). The van der Waals surface area contributed by atoms with E-state index in [1.54, 1.807) is 18.2 Å². The van der Waals surface area contributed by atoms with Crippen LogP contribution in [0.5, 0.6) is 0 Å². The number of nitrogens with zero attached hydrogens (tertiary/aromatic N) is 1. The Labute approximate surface area is 147 Å². The number of rotatable bonds is 5. The van der Waals surface area contributed by atoms with E-state index in [1.807, 2.05) is 32.9 Å². The second kappa shape index (κ2) is 7.81. The average molecular weight is 358 g/mol. The zero-order chi connectivity index (χ0) is 16.3.